The van der Waals surface area contributed by atoms with Gasteiger partial charge in [-0.2, -0.15) is 0 Å². The Morgan fingerprint density at radius 3 is 2.31 bits per heavy atom. The van der Waals surface area contributed by atoms with Crippen molar-refractivity contribution in [1.29, 1.82) is 0 Å². The fraction of sp³-hybridized carbons (Fsp3) is 0.0769. The van der Waals surface area contributed by atoms with E-state index >= 15 is 0 Å². The van der Waals surface area contributed by atoms with Crippen LogP contribution in [0.5, 0.6) is 0 Å². The molecule has 0 radical (unpaired) electrons. The number of hydrogen-bond donors (Lipinski definition) is 0. The van der Waals surface area contributed by atoms with Crippen LogP contribution in [-0.2, 0) is 5.75 Å². The number of hydrogen-bond acceptors (Lipinski definition) is 1. The summed E-state index contributed by atoms with van der Waals surface area (Å²) >= 11 is 1.56. The average Bonchev–Trinajstić information content (AvgIpc) is 2.28. The van der Waals surface area contributed by atoms with E-state index in [1.54, 1.807) is 30.0 Å². The first kappa shape index (κ1) is 11.1. The summed E-state index contributed by atoms with van der Waals surface area (Å²) in [6.07, 6.45) is 0. The molecule has 0 unspecified atom stereocenters. The van der Waals surface area contributed by atoms with Crippen molar-refractivity contribution in [2.24, 2.45) is 0 Å². The van der Waals surface area contributed by atoms with Crippen LogP contribution in [0.3, 0.4) is 0 Å². The van der Waals surface area contributed by atoms with Crippen LogP contribution in [0.2, 0.25) is 0 Å². The van der Waals surface area contributed by atoms with E-state index in [1.165, 1.54) is 24.3 Å². The fourth-order valence-electron chi connectivity index (χ4n) is 1.32. The zero-order valence-electron chi connectivity index (χ0n) is 8.49. The van der Waals surface area contributed by atoms with Gasteiger partial charge in [0.15, 0.2) is 0 Å². The van der Waals surface area contributed by atoms with Gasteiger partial charge in [-0.1, -0.05) is 12.1 Å². The van der Waals surface area contributed by atoms with Gasteiger partial charge in [0.05, 0.1) is 0 Å². The average molecular weight is 236 g/mol. The molecule has 0 atom stereocenters. The Labute approximate surface area is 97.3 Å². The zero-order valence-corrected chi connectivity index (χ0v) is 9.31. The van der Waals surface area contributed by atoms with Crippen LogP contribution in [0.4, 0.5) is 8.78 Å². The summed E-state index contributed by atoms with van der Waals surface area (Å²) in [6.45, 7) is 0. The molecule has 2 aromatic carbocycles. The molecule has 0 fully saturated rings. The van der Waals surface area contributed by atoms with E-state index < -0.39 is 0 Å². The molecule has 82 valence electrons. The van der Waals surface area contributed by atoms with E-state index in [0.717, 1.165) is 10.5 Å². The third kappa shape index (κ3) is 3.07. The van der Waals surface area contributed by atoms with Gasteiger partial charge >= 0.3 is 0 Å². The van der Waals surface area contributed by atoms with Crippen molar-refractivity contribution in [2.75, 3.05) is 0 Å². The molecular weight excluding hydrogens is 226 g/mol. The predicted molar refractivity (Wildman–Crippen MR) is 62.4 cm³/mol. The van der Waals surface area contributed by atoms with Gasteiger partial charge in [0, 0.05) is 10.6 Å². The Bertz CT molecular complexity index is 466. The first-order chi connectivity index (χ1) is 7.74. The molecule has 0 nitrogen and oxygen atoms in total. The molecule has 16 heavy (non-hydrogen) atoms. The van der Waals surface area contributed by atoms with Crippen molar-refractivity contribution in [3.63, 3.8) is 0 Å². The lowest BCUT2D eigenvalue weighted by Gasteiger charge is -2.02. The van der Waals surface area contributed by atoms with Gasteiger partial charge < -0.3 is 0 Å². The number of halogens is 2. The molecule has 0 amide bonds. The van der Waals surface area contributed by atoms with Crippen molar-refractivity contribution >= 4 is 11.8 Å². The molecule has 0 N–H and O–H groups in total. The maximum absolute atomic E-state index is 12.9. The quantitative estimate of drug-likeness (QED) is 0.718. The van der Waals surface area contributed by atoms with Crippen molar-refractivity contribution in [2.45, 2.75) is 10.6 Å². The summed E-state index contributed by atoms with van der Waals surface area (Å²) in [5.41, 5.74) is 0.925. The van der Waals surface area contributed by atoms with Crippen LogP contribution in [0.25, 0.3) is 0 Å². The molecule has 0 aliphatic heterocycles. The highest BCUT2D eigenvalue weighted by molar-refractivity contribution is 7.98. The summed E-state index contributed by atoms with van der Waals surface area (Å²) in [5, 5.41) is 0. The summed E-state index contributed by atoms with van der Waals surface area (Å²) in [5.74, 6) is 0.218. The first-order valence-corrected chi connectivity index (χ1v) is 5.85. The van der Waals surface area contributed by atoms with Crippen LogP contribution >= 0.6 is 11.8 Å². The minimum absolute atomic E-state index is 0.225. The smallest absolute Gasteiger partial charge is 0.123 e. The normalized spacial score (nSPS) is 10.4. The topological polar surface area (TPSA) is 0 Å². The number of thioether (sulfide) groups is 1. The van der Waals surface area contributed by atoms with Crippen LogP contribution < -0.4 is 0 Å². The molecule has 0 saturated carbocycles. The van der Waals surface area contributed by atoms with Crippen molar-refractivity contribution < 1.29 is 8.78 Å². The van der Waals surface area contributed by atoms with Crippen LogP contribution in [0.1, 0.15) is 5.56 Å². The third-order valence-corrected chi connectivity index (χ3v) is 3.19. The largest absolute Gasteiger partial charge is 0.207 e. The molecule has 2 aromatic rings. The second-order valence-corrected chi connectivity index (χ2v) is 4.42. The molecule has 0 spiro atoms. The summed E-state index contributed by atoms with van der Waals surface area (Å²) in [6, 6.07) is 12.8. The third-order valence-electron chi connectivity index (χ3n) is 2.11. The van der Waals surface area contributed by atoms with Gasteiger partial charge in [0.1, 0.15) is 11.6 Å². The van der Waals surface area contributed by atoms with E-state index in [0.29, 0.717) is 5.75 Å². The zero-order chi connectivity index (χ0) is 11.4. The van der Waals surface area contributed by atoms with Gasteiger partial charge in [0.25, 0.3) is 0 Å². The Hall–Kier alpha value is -1.35. The minimum atomic E-state index is -0.241. The van der Waals surface area contributed by atoms with Crippen molar-refractivity contribution in [3.05, 3.63) is 65.7 Å². The van der Waals surface area contributed by atoms with E-state index in [1.807, 2.05) is 6.07 Å². The van der Waals surface area contributed by atoms with Crippen molar-refractivity contribution in [1.82, 2.24) is 0 Å². The fourth-order valence-corrected chi connectivity index (χ4v) is 2.17. The highest BCUT2D eigenvalue weighted by atomic mass is 32.2. The van der Waals surface area contributed by atoms with Gasteiger partial charge in [-0.3, -0.25) is 0 Å². The molecule has 0 aliphatic rings. The van der Waals surface area contributed by atoms with Crippen molar-refractivity contribution in [3.8, 4) is 0 Å². The molecule has 3 heteroatoms. The monoisotopic (exact) mass is 236 g/mol. The minimum Gasteiger partial charge on any atom is -0.207 e. The molecular formula is C13H10F2S. The maximum atomic E-state index is 12.9. The van der Waals surface area contributed by atoms with Gasteiger partial charge in [-0.25, -0.2) is 8.78 Å². The van der Waals surface area contributed by atoms with Crippen LogP contribution in [-0.4, -0.2) is 0 Å². The summed E-state index contributed by atoms with van der Waals surface area (Å²) in [4.78, 5) is 0.977. The summed E-state index contributed by atoms with van der Waals surface area (Å²) < 4.78 is 25.5. The van der Waals surface area contributed by atoms with Crippen LogP contribution in [0.15, 0.2) is 53.4 Å². The molecule has 0 aliphatic carbocycles. The molecule has 2 rings (SSSR count). The lowest BCUT2D eigenvalue weighted by molar-refractivity contribution is 0.626. The van der Waals surface area contributed by atoms with E-state index in [2.05, 4.69) is 0 Å². The molecule has 0 heterocycles. The first-order valence-electron chi connectivity index (χ1n) is 4.87. The second kappa shape index (κ2) is 5.12. The van der Waals surface area contributed by atoms with E-state index in [-0.39, 0.29) is 11.6 Å². The SMILES string of the molecule is Fc1ccc(SCc2cccc(F)c2)cc1. The van der Waals surface area contributed by atoms with Gasteiger partial charge in [-0.15, -0.1) is 11.8 Å². The standard InChI is InChI=1S/C13H10F2S/c14-11-4-6-13(7-5-11)16-9-10-2-1-3-12(15)8-10/h1-8H,9H2. The van der Waals surface area contributed by atoms with E-state index in [9.17, 15) is 8.78 Å². The van der Waals surface area contributed by atoms with Gasteiger partial charge in [0.2, 0.25) is 0 Å². The highest BCUT2D eigenvalue weighted by Gasteiger charge is 1.98. The Morgan fingerprint density at radius 2 is 1.62 bits per heavy atom. The predicted octanol–water partition coefficient (Wildman–Crippen LogP) is 4.26. The van der Waals surface area contributed by atoms with E-state index in [4.69, 9.17) is 0 Å². The number of rotatable bonds is 3. The molecule has 0 saturated heterocycles. The molecule has 0 aromatic heterocycles. The Kier molecular flexibility index (Phi) is 3.57. The Morgan fingerprint density at radius 1 is 0.875 bits per heavy atom. The lowest BCUT2D eigenvalue weighted by Crippen LogP contribution is -1.82. The second-order valence-electron chi connectivity index (χ2n) is 3.37. The maximum Gasteiger partial charge on any atom is 0.123 e. The number of benzene rings is 2. The van der Waals surface area contributed by atoms with Gasteiger partial charge in [-0.05, 0) is 42.0 Å². The highest BCUT2D eigenvalue weighted by Crippen LogP contribution is 2.22. The summed E-state index contributed by atoms with van der Waals surface area (Å²) in [7, 11) is 0. The van der Waals surface area contributed by atoms with Crippen LogP contribution in [0, 0.1) is 11.6 Å². The molecule has 0 bridgehead atoms. The Balaban J connectivity index is 1.99. The lowest BCUT2D eigenvalue weighted by atomic mass is 10.2.